The molecule has 35 heavy (non-hydrogen) atoms. The zero-order chi connectivity index (χ0) is 24.4. The van der Waals surface area contributed by atoms with Crippen LogP contribution in [-0.2, 0) is 6.18 Å². The van der Waals surface area contributed by atoms with E-state index in [0.717, 1.165) is 37.4 Å². The number of amides is 1. The first-order valence-electron chi connectivity index (χ1n) is 11.6. The Kier molecular flexibility index (Phi) is 6.55. The molecule has 184 valence electrons. The fourth-order valence-corrected chi connectivity index (χ4v) is 5.36. The number of carbonyl (C=O) groups excluding carboxylic acids is 1. The molecular weight excluding hydrogens is 475 g/mol. The molecule has 3 heterocycles. The number of piperazine rings is 2. The Labute approximate surface area is 206 Å². The Balaban J connectivity index is 1.16. The van der Waals surface area contributed by atoms with Crippen molar-refractivity contribution in [2.45, 2.75) is 6.18 Å². The van der Waals surface area contributed by atoms with Crippen LogP contribution in [-0.4, -0.2) is 68.1 Å². The second-order valence-electron chi connectivity index (χ2n) is 8.65. The summed E-state index contributed by atoms with van der Waals surface area (Å²) < 4.78 is 39.1. The predicted molar refractivity (Wildman–Crippen MR) is 133 cm³/mol. The summed E-state index contributed by atoms with van der Waals surface area (Å²) in [7, 11) is 0. The number of para-hydroxylation sites is 1. The van der Waals surface area contributed by atoms with Crippen molar-refractivity contribution < 1.29 is 18.0 Å². The molecular formula is C25H26F3N5OS. The number of benzene rings is 2. The minimum atomic E-state index is -4.37. The minimum absolute atomic E-state index is 0.126. The van der Waals surface area contributed by atoms with Gasteiger partial charge in [-0.3, -0.25) is 4.79 Å². The highest BCUT2D eigenvalue weighted by Gasteiger charge is 2.31. The Morgan fingerprint density at radius 3 is 2.06 bits per heavy atom. The van der Waals surface area contributed by atoms with Crippen LogP contribution in [0.3, 0.4) is 0 Å². The van der Waals surface area contributed by atoms with Gasteiger partial charge in [0.15, 0.2) is 5.13 Å². The zero-order valence-corrected chi connectivity index (χ0v) is 19.9. The molecule has 10 heteroatoms. The SMILES string of the molecule is O=C(c1csc(N2CCN(c3ccccc3)CC2)n1)N1CCN(c2cccc(C(F)(F)F)c2)CC1. The van der Waals surface area contributed by atoms with Crippen molar-refractivity contribution in [1.82, 2.24) is 9.88 Å². The molecule has 0 spiro atoms. The third kappa shape index (κ3) is 5.22. The summed E-state index contributed by atoms with van der Waals surface area (Å²) in [6.45, 7) is 5.30. The monoisotopic (exact) mass is 501 g/mol. The summed E-state index contributed by atoms with van der Waals surface area (Å²) in [5, 5.41) is 2.66. The average molecular weight is 502 g/mol. The van der Waals surface area contributed by atoms with E-state index < -0.39 is 11.7 Å². The zero-order valence-electron chi connectivity index (χ0n) is 19.1. The molecule has 0 radical (unpaired) electrons. The molecule has 3 aromatic rings. The van der Waals surface area contributed by atoms with Gasteiger partial charge < -0.3 is 19.6 Å². The van der Waals surface area contributed by atoms with Crippen LogP contribution in [0.25, 0.3) is 0 Å². The number of halogens is 3. The summed E-state index contributed by atoms with van der Waals surface area (Å²) in [5.41, 5.74) is 1.51. The minimum Gasteiger partial charge on any atom is -0.368 e. The van der Waals surface area contributed by atoms with E-state index in [9.17, 15) is 18.0 Å². The molecule has 0 N–H and O–H groups in total. The second-order valence-corrected chi connectivity index (χ2v) is 9.49. The van der Waals surface area contributed by atoms with E-state index in [0.29, 0.717) is 37.6 Å². The van der Waals surface area contributed by atoms with Crippen LogP contribution in [0, 0.1) is 0 Å². The molecule has 2 saturated heterocycles. The van der Waals surface area contributed by atoms with Crippen LogP contribution >= 0.6 is 11.3 Å². The topological polar surface area (TPSA) is 42.9 Å². The van der Waals surface area contributed by atoms with Crippen LogP contribution in [0.5, 0.6) is 0 Å². The first kappa shape index (κ1) is 23.5. The van der Waals surface area contributed by atoms with Crippen LogP contribution in [0.2, 0.25) is 0 Å². The average Bonchev–Trinajstić information content (AvgIpc) is 3.39. The van der Waals surface area contributed by atoms with E-state index >= 15 is 0 Å². The van der Waals surface area contributed by atoms with E-state index in [2.05, 4.69) is 26.9 Å². The van der Waals surface area contributed by atoms with Gasteiger partial charge in [-0.2, -0.15) is 13.2 Å². The molecule has 2 aliphatic rings. The molecule has 0 aliphatic carbocycles. The van der Waals surface area contributed by atoms with Gasteiger partial charge in [-0.1, -0.05) is 24.3 Å². The van der Waals surface area contributed by atoms with Gasteiger partial charge >= 0.3 is 6.18 Å². The normalized spacial score (nSPS) is 17.1. The number of hydrogen-bond acceptors (Lipinski definition) is 6. The smallest absolute Gasteiger partial charge is 0.368 e. The summed E-state index contributed by atoms with van der Waals surface area (Å²) in [6, 6.07) is 15.7. The Morgan fingerprint density at radius 2 is 1.37 bits per heavy atom. The van der Waals surface area contributed by atoms with Crippen molar-refractivity contribution in [2.75, 3.05) is 67.1 Å². The highest BCUT2D eigenvalue weighted by atomic mass is 32.1. The van der Waals surface area contributed by atoms with Crippen LogP contribution in [0.15, 0.2) is 60.0 Å². The van der Waals surface area contributed by atoms with Gasteiger partial charge in [-0.25, -0.2) is 4.98 Å². The van der Waals surface area contributed by atoms with E-state index in [1.165, 1.54) is 29.2 Å². The molecule has 5 rings (SSSR count). The largest absolute Gasteiger partial charge is 0.416 e. The summed E-state index contributed by atoms with van der Waals surface area (Å²) in [5.74, 6) is -0.126. The third-order valence-corrected chi connectivity index (χ3v) is 7.39. The highest BCUT2D eigenvalue weighted by molar-refractivity contribution is 7.13. The van der Waals surface area contributed by atoms with Crippen molar-refractivity contribution >= 4 is 33.8 Å². The van der Waals surface area contributed by atoms with Crippen molar-refractivity contribution in [3.63, 3.8) is 0 Å². The van der Waals surface area contributed by atoms with Gasteiger partial charge in [0.2, 0.25) is 0 Å². The Hall–Kier alpha value is -3.27. The number of rotatable bonds is 4. The lowest BCUT2D eigenvalue weighted by Crippen LogP contribution is -2.49. The number of anilines is 3. The van der Waals surface area contributed by atoms with Gasteiger partial charge in [0.05, 0.1) is 5.56 Å². The van der Waals surface area contributed by atoms with Gasteiger partial charge in [0.1, 0.15) is 5.69 Å². The third-order valence-electron chi connectivity index (χ3n) is 6.49. The fraction of sp³-hybridized carbons (Fsp3) is 0.360. The van der Waals surface area contributed by atoms with Gasteiger partial charge in [-0.15, -0.1) is 11.3 Å². The molecule has 2 fully saturated rings. The number of nitrogens with zero attached hydrogens (tertiary/aromatic N) is 5. The number of thiazole rings is 1. The van der Waals surface area contributed by atoms with E-state index in [4.69, 9.17) is 0 Å². The maximum Gasteiger partial charge on any atom is 0.416 e. The van der Waals surface area contributed by atoms with Crippen molar-refractivity contribution in [1.29, 1.82) is 0 Å². The quantitative estimate of drug-likeness (QED) is 0.529. The number of alkyl halides is 3. The number of aromatic nitrogens is 1. The lowest BCUT2D eigenvalue weighted by molar-refractivity contribution is -0.137. The first-order valence-corrected chi connectivity index (χ1v) is 12.5. The molecule has 0 saturated carbocycles. The molecule has 1 amide bonds. The molecule has 0 bridgehead atoms. The van der Waals surface area contributed by atoms with Gasteiger partial charge in [-0.05, 0) is 30.3 Å². The molecule has 2 aliphatic heterocycles. The number of hydrogen-bond donors (Lipinski definition) is 0. The van der Waals surface area contributed by atoms with Gasteiger partial charge in [0.25, 0.3) is 5.91 Å². The fourth-order valence-electron chi connectivity index (χ4n) is 4.51. The van der Waals surface area contributed by atoms with Gasteiger partial charge in [0, 0.05) is 69.1 Å². The summed E-state index contributed by atoms with van der Waals surface area (Å²) in [4.78, 5) is 25.8. The first-order chi connectivity index (χ1) is 16.9. The van der Waals surface area contributed by atoms with Crippen molar-refractivity contribution in [2.24, 2.45) is 0 Å². The second kappa shape index (κ2) is 9.77. The Morgan fingerprint density at radius 1 is 0.771 bits per heavy atom. The molecule has 1 aromatic heterocycles. The lowest BCUT2D eigenvalue weighted by Gasteiger charge is -2.36. The number of carbonyl (C=O) groups is 1. The van der Waals surface area contributed by atoms with Crippen LogP contribution < -0.4 is 14.7 Å². The molecule has 2 aromatic carbocycles. The predicted octanol–water partition coefficient (Wildman–Crippen LogP) is 4.45. The summed E-state index contributed by atoms with van der Waals surface area (Å²) >= 11 is 1.48. The highest BCUT2D eigenvalue weighted by Crippen LogP contribution is 2.32. The summed E-state index contributed by atoms with van der Waals surface area (Å²) in [6.07, 6.45) is -4.37. The Bertz CT molecular complexity index is 1150. The van der Waals surface area contributed by atoms with E-state index in [-0.39, 0.29) is 5.91 Å². The van der Waals surface area contributed by atoms with Crippen LogP contribution in [0.4, 0.5) is 29.7 Å². The van der Waals surface area contributed by atoms with Crippen LogP contribution in [0.1, 0.15) is 16.1 Å². The maximum absolute atomic E-state index is 13.0. The molecule has 0 atom stereocenters. The van der Waals surface area contributed by atoms with E-state index in [1.54, 1.807) is 16.3 Å². The van der Waals surface area contributed by atoms with Crippen molar-refractivity contribution in [3.05, 3.63) is 71.2 Å². The standard InChI is InChI=1S/C25H26F3N5OS/c26-25(27,28)19-5-4-8-21(17-19)31-9-13-32(14-10-31)23(34)22-18-35-24(29-22)33-15-11-30(12-16-33)20-6-2-1-3-7-20/h1-8,17-18H,9-16H2. The molecule has 6 nitrogen and oxygen atoms in total. The maximum atomic E-state index is 13.0. The lowest BCUT2D eigenvalue weighted by atomic mass is 10.1. The van der Waals surface area contributed by atoms with E-state index in [1.807, 2.05) is 23.1 Å². The van der Waals surface area contributed by atoms with Crippen molar-refractivity contribution in [3.8, 4) is 0 Å². The molecule has 0 unspecified atom stereocenters.